The number of hydrogen-bond donors (Lipinski definition) is 2. The topological polar surface area (TPSA) is 223 Å². The van der Waals surface area contributed by atoms with Crippen molar-refractivity contribution >= 4 is 139 Å². The molecule has 0 spiro atoms. The average Bonchev–Trinajstić information content (AvgIpc) is 1.71. The van der Waals surface area contributed by atoms with Gasteiger partial charge in [-0.05, 0) is 143 Å². The van der Waals surface area contributed by atoms with Crippen LogP contribution in [0.4, 0.5) is 19.0 Å². The van der Waals surface area contributed by atoms with E-state index in [9.17, 15) is 26.4 Å². The molecule has 0 unspecified atom stereocenters. The quantitative estimate of drug-likeness (QED) is 0.0535. The van der Waals surface area contributed by atoms with Crippen LogP contribution in [-0.4, -0.2) is 71.5 Å². The molecule has 0 atom stereocenters. The van der Waals surface area contributed by atoms with E-state index in [0.717, 1.165) is 130 Å². The van der Waals surface area contributed by atoms with Crippen LogP contribution in [0.2, 0.25) is 0 Å². The third-order valence-electron chi connectivity index (χ3n) is 18.5. The first-order valence-electron chi connectivity index (χ1n) is 33.7. The van der Waals surface area contributed by atoms with Crippen LogP contribution in [0.3, 0.4) is 0 Å². The summed E-state index contributed by atoms with van der Waals surface area (Å²) < 4.78 is 120. The highest BCUT2D eigenvalue weighted by Gasteiger charge is 2.49. The van der Waals surface area contributed by atoms with E-state index in [1.807, 2.05) is 116 Å². The number of aryl methyl sites for hydroxylation is 3. The highest BCUT2D eigenvalue weighted by Crippen LogP contribution is 2.43. The number of ether oxygens (including phenoxy) is 6. The molecule has 6 aromatic heterocycles. The van der Waals surface area contributed by atoms with Crippen molar-refractivity contribution < 1.29 is 67.4 Å². The number of para-hydroxylation sites is 3. The number of rotatable bonds is 20. The Morgan fingerprint density at radius 3 is 1.13 bits per heavy atom. The van der Waals surface area contributed by atoms with Crippen molar-refractivity contribution in [2.75, 3.05) is 48.4 Å². The Bertz CT molecular complexity index is 5940. The number of nitrogen functional groups attached to an aromatic ring is 1. The molecule has 15 aromatic rings. The van der Waals surface area contributed by atoms with Gasteiger partial charge in [-0.3, -0.25) is 4.79 Å². The minimum absolute atomic E-state index is 0. The van der Waals surface area contributed by atoms with E-state index in [1.165, 1.54) is 14.2 Å². The SMILES string of the molecule is CCCc1[nH]c(=O)c(Cc2ccc3oc4ccccc4c3c2)c2cc(OC)c(OC)cc12.CCCc1nc(N)c(Cc2ccc3oc4ccccc4c3c2)c2cc(OC)c(OC)cc12.CCCc1nc(OS(=O)(=O)C(F)(F)F)c(Cc2ccc3oc4ccccc4c3c2)c2cc(OC)c(OC)cc12.Cl.Cl. The summed E-state index contributed by atoms with van der Waals surface area (Å²) in [6, 6.07) is 52.6. The highest BCUT2D eigenvalue weighted by molar-refractivity contribution is 7.88. The molecule has 544 valence electrons. The first-order chi connectivity index (χ1) is 49.8. The number of methoxy groups -OCH3 is 6. The van der Waals surface area contributed by atoms with Gasteiger partial charge in [0.05, 0.1) is 54.0 Å². The zero-order valence-electron chi connectivity index (χ0n) is 59.1. The summed E-state index contributed by atoms with van der Waals surface area (Å²) >= 11 is 0. The lowest BCUT2D eigenvalue weighted by molar-refractivity contribution is -0.0501. The normalized spacial score (nSPS) is 11.6. The van der Waals surface area contributed by atoms with Gasteiger partial charge in [-0.1, -0.05) is 113 Å². The predicted molar refractivity (Wildman–Crippen MR) is 413 cm³/mol. The second kappa shape index (κ2) is 31.6. The van der Waals surface area contributed by atoms with E-state index in [4.69, 9.17) is 52.4 Å². The van der Waals surface area contributed by atoms with Gasteiger partial charge in [-0.2, -0.15) is 21.6 Å². The summed E-state index contributed by atoms with van der Waals surface area (Å²) in [5.41, 5.74) is 12.7. The summed E-state index contributed by atoms with van der Waals surface area (Å²) in [5, 5.41) is 11.1. The number of nitrogens with one attached hydrogen (secondary N) is 1. The molecule has 15 rings (SSSR count). The van der Waals surface area contributed by atoms with Crippen molar-refractivity contribution in [1.29, 1.82) is 0 Å². The van der Waals surface area contributed by atoms with Crippen molar-refractivity contribution in [3.63, 3.8) is 0 Å². The molecule has 23 heteroatoms. The fourth-order valence-electron chi connectivity index (χ4n) is 13.6. The third-order valence-corrected chi connectivity index (χ3v) is 19.4. The molecule has 0 bridgehead atoms. The van der Waals surface area contributed by atoms with Crippen molar-refractivity contribution in [1.82, 2.24) is 15.0 Å². The molecule has 6 heterocycles. The van der Waals surface area contributed by atoms with Crippen LogP contribution >= 0.6 is 24.8 Å². The lowest BCUT2D eigenvalue weighted by Crippen LogP contribution is -2.29. The Balaban J connectivity index is 0.000000157. The molecule has 0 saturated carbocycles. The first kappa shape index (κ1) is 75.3. The smallest absolute Gasteiger partial charge is 0.493 e. The van der Waals surface area contributed by atoms with Gasteiger partial charge in [-0.25, -0.2) is 9.97 Å². The zero-order chi connectivity index (χ0) is 72.4. The van der Waals surface area contributed by atoms with Gasteiger partial charge in [0.1, 0.15) is 39.3 Å². The molecular weight excluding hydrogens is 1410 g/mol. The Labute approximate surface area is 615 Å². The van der Waals surface area contributed by atoms with E-state index < -0.39 is 21.5 Å². The molecule has 0 fully saturated rings. The first-order valence-corrected chi connectivity index (χ1v) is 35.1. The van der Waals surface area contributed by atoms with Crippen LogP contribution in [0, 0.1) is 0 Å². The third kappa shape index (κ3) is 14.9. The number of benzene rings is 9. The summed E-state index contributed by atoms with van der Waals surface area (Å²) in [6.45, 7) is 6.12. The highest BCUT2D eigenvalue weighted by atomic mass is 35.5. The minimum Gasteiger partial charge on any atom is -0.493 e. The number of aromatic amines is 1. The van der Waals surface area contributed by atoms with Gasteiger partial charge < -0.3 is 56.6 Å². The van der Waals surface area contributed by atoms with Gasteiger partial charge in [0.25, 0.3) is 5.56 Å². The monoisotopic (exact) mass is 1480 g/mol. The summed E-state index contributed by atoms with van der Waals surface area (Å²) in [6.07, 6.45) is 5.70. The number of aromatic nitrogens is 3. The summed E-state index contributed by atoms with van der Waals surface area (Å²) in [4.78, 5) is 25.4. The van der Waals surface area contributed by atoms with Crippen molar-refractivity contribution in [3.8, 4) is 40.4 Å². The molecular formula is C82H77Cl2F3N4O13S. The Morgan fingerprint density at radius 2 is 0.743 bits per heavy atom. The lowest BCUT2D eigenvalue weighted by atomic mass is 9.96. The van der Waals surface area contributed by atoms with Gasteiger partial charge in [0.15, 0.2) is 34.5 Å². The predicted octanol–water partition coefficient (Wildman–Crippen LogP) is 20.0. The molecule has 105 heavy (non-hydrogen) atoms. The molecule has 0 aliphatic heterocycles. The number of anilines is 1. The number of fused-ring (bicyclic) bond motifs is 12. The van der Waals surface area contributed by atoms with Crippen molar-refractivity contribution in [2.45, 2.75) is 84.1 Å². The zero-order valence-corrected chi connectivity index (χ0v) is 61.5. The van der Waals surface area contributed by atoms with E-state index >= 15 is 0 Å². The standard InChI is InChI=1S/C28H24F3NO6S.C27H26N2O3.C27H25NO4.2ClH/c1-4-7-22-19-15-26(36-3)25(35-2)14-18(19)21(27(32-22)38-39(33,34)28(29,30)31)13-16-10-11-24-20(12-16)17-8-5-6-9-23(17)37-24;1-4-7-22-19-15-26(31-3)25(30-2)14-18(19)21(27(28)29-22)13-16-10-11-24-20(12-16)17-8-5-6-9-23(17)32-24;1-4-7-22-19-15-26(31-3)25(30-2)14-18(19)21(27(29)28-22)13-16-10-11-24-20(12-16)17-8-5-6-9-23(17)32-24;;/h5-6,8-12,14-15H,4,7,13H2,1-3H3;5-6,8-12,14-15H,4,7,13H2,1-3H3,(H2,28,29);5-6,8-12,14-15H,4,7,13H2,1-3H3,(H,28,29);2*1H. The molecule has 17 nitrogen and oxygen atoms in total. The fraction of sp³-hybridized carbons (Fsp3) is 0.232. The molecule has 0 radical (unpaired) electrons. The number of nitrogens with two attached hydrogens (primary N) is 1. The van der Waals surface area contributed by atoms with Gasteiger partial charge in [-0.15, -0.1) is 24.8 Å². The lowest BCUT2D eigenvalue weighted by Gasteiger charge is -2.18. The van der Waals surface area contributed by atoms with Gasteiger partial charge >= 0.3 is 15.6 Å². The van der Waals surface area contributed by atoms with E-state index in [-0.39, 0.29) is 42.4 Å². The Hall–Kier alpha value is -10.9. The average molecular weight is 1490 g/mol. The van der Waals surface area contributed by atoms with E-state index in [2.05, 4.69) is 58.3 Å². The van der Waals surface area contributed by atoms with Crippen LogP contribution in [-0.2, 0) is 48.6 Å². The Kier molecular flexibility index (Phi) is 22.7. The van der Waals surface area contributed by atoms with Gasteiger partial charge in [0.2, 0.25) is 5.88 Å². The maximum atomic E-state index is 13.4. The van der Waals surface area contributed by atoms with Gasteiger partial charge in [0, 0.05) is 90.1 Å². The van der Waals surface area contributed by atoms with Crippen LogP contribution in [0.5, 0.6) is 40.4 Å². The number of halogens is 5. The van der Waals surface area contributed by atoms with Crippen LogP contribution < -0.4 is 43.9 Å². The van der Waals surface area contributed by atoms with E-state index in [1.54, 1.807) is 52.7 Å². The molecule has 0 aliphatic carbocycles. The number of hydrogen-bond acceptors (Lipinski definition) is 16. The van der Waals surface area contributed by atoms with Crippen LogP contribution in [0.25, 0.3) is 98.1 Å². The van der Waals surface area contributed by atoms with Crippen LogP contribution in [0.1, 0.15) is 90.5 Å². The number of alkyl halides is 3. The second-order valence-electron chi connectivity index (χ2n) is 25.0. The maximum Gasteiger partial charge on any atom is 0.534 e. The fourth-order valence-corrected chi connectivity index (χ4v) is 14.0. The van der Waals surface area contributed by atoms with Crippen molar-refractivity contribution in [3.05, 3.63) is 225 Å². The van der Waals surface area contributed by atoms with E-state index in [0.29, 0.717) is 105 Å². The summed E-state index contributed by atoms with van der Waals surface area (Å²) in [5.74, 6) is 3.30. The molecule has 0 amide bonds. The maximum absolute atomic E-state index is 13.4. The number of H-pyrrole nitrogens is 1. The molecule has 9 aromatic carbocycles. The minimum atomic E-state index is -5.98. The number of nitrogens with zero attached hydrogens (tertiary/aromatic N) is 2. The molecule has 0 saturated heterocycles. The largest absolute Gasteiger partial charge is 0.534 e. The van der Waals surface area contributed by atoms with Crippen molar-refractivity contribution in [2.24, 2.45) is 0 Å². The molecule has 0 aliphatic rings. The Morgan fingerprint density at radius 1 is 0.410 bits per heavy atom. The molecule has 3 N–H and O–H groups in total. The summed E-state index contributed by atoms with van der Waals surface area (Å²) in [7, 11) is 3.46. The second-order valence-corrected chi connectivity index (χ2v) is 26.5. The van der Waals surface area contributed by atoms with Crippen LogP contribution in [0.15, 0.2) is 182 Å². The number of furan rings is 3. The number of pyridine rings is 3.